The van der Waals surface area contributed by atoms with E-state index < -0.39 is 5.60 Å². The molecule has 186 valence electrons. The van der Waals surface area contributed by atoms with Crippen molar-refractivity contribution in [3.05, 3.63) is 28.2 Å². The third kappa shape index (κ3) is 8.17. The molecule has 1 aliphatic carbocycles. The molecule has 1 amide bonds. The summed E-state index contributed by atoms with van der Waals surface area (Å²) in [6, 6.07) is 6.78. The van der Waals surface area contributed by atoms with Crippen molar-refractivity contribution in [2.45, 2.75) is 97.3 Å². The number of hydrogen-bond donors (Lipinski definition) is 0. The molecule has 5 nitrogen and oxygen atoms in total. The quantitative estimate of drug-likeness (QED) is 0.394. The van der Waals surface area contributed by atoms with Gasteiger partial charge in [0.2, 0.25) is 0 Å². The molecule has 0 spiro atoms. The van der Waals surface area contributed by atoms with Crippen molar-refractivity contribution in [1.82, 2.24) is 9.80 Å². The van der Waals surface area contributed by atoms with Crippen LogP contribution in [0.25, 0.3) is 0 Å². The number of carbonyl (C=O) groups excluding carboxylic acids is 1. The lowest BCUT2D eigenvalue weighted by Gasteiger charge is -2.38. The van der Waals surface area contributed by atoms with E-state index in [0.29, 0.717) is 12.1 Å². The molecule has 33 heavy (non-hydrogen) atoms. The van der Waals surface area contributed by atoms with Crippen LogP contribution < -0.4 is 4.74 Å². The SMILES string of the molecule is Cc1c(Br)cccc1OC1CCC(CCCC(C)N2CCN(C(=O)OC(C)(C)C)CC2)CC1. The summed E-state index contributed by atoms with van der Waals surface area (Å²) in [5.41, 5.74) is 0.769. The first-order chi connectivity index (χ1) is 15.6. The number of benzene rings is 1. The molecule has 1 saturated carbocycles. The minimum atomic E-state index is -0.426. The number of halogens is 1. The molecule has 6 heteroatoms. The molecule has 1 unspecified atom stereocenters. The number of ether oxygens (including phenoxy) is 2. The Morgan fingerprint density at radius 1 is 1.12 bits per heavy atom. The number of rotatable bonds is 7. The van der Waals surface area contributed by atoms with Crippen molar-refractivity contribution in [2.24, 2.45) is 5.92 Å². The van der Waals surface area contributed by atoms with Crippen LogP contribution in [0.4, 0.5) is 4.79 Å². The van der Waals surface area contributed by atoms with Gasteiger partial charge >= 0.3 is 6.09 Å². The van der Waals surface area contributed by atoms with Crippen LogP contribution in [0.3, 0.4) is 0 Å². The number of hydrogen-bond acceptors (Lipinski definition) is 4. The summed E-state index contributed by atoms with van der Waals surface area (Å²) in [4.78, 5) is 16.7. The maximum absolute atomic E-state index is 12.3. The standard InChI is InChI=1S/C27H43BrN2O3/c1-20(29-16-18-30(19-17-29)26(31)33-27(3,4)5)8-6-9-22-12-14-23(15-13-22)32-25-11-7-10-24(28)21(25)2/h7,10-11,20,22-23H,6,8-9,12-19H2,1-5H3. The highest BCUT2D eigenvalue weighted by atomic mass is 79.9. The Kier molecular flexibility index (Phi) is 9.52. The first-order valence-electron chi connectivity index (χ1n) is 12.8. The van der Waals surface area contributed by atoms with Gasteiger partial charge in [-0.25, -0.2) is 4.79 Å². The summed E-state index contributed by atoms with van der Waals surface area (Å²) in [5.74, 6) is 1.86. The lowest BCUT2D eigenvalue weighted by atomic mass is 9.84. The van der Waals surface area contributed by atoms with Crippen molar-refractivity contribution in [3.8, 4) is 5.75 Å². The summed E-state index contributed by atoms with van der Waals surface area (Å²) in [5, 5.41) is 0. The van der Waals surface area contributed by atoms with Gasteiger partial charge in [0.15, 0.2) is 0 Å². The topological polar surface area (TPSA) is 42.0 Å². The fourth-order valence-electron chi connectivity index (χ4n) is 4.99. The maximum Gasteiger partial charge on any atom is 0.410 e. The predicted molar refractivity (Wildman–Crippen MR) is 138 cm³/mol. The van der Waals surface area contributed by atoms with Crippen LogP contribution in [0.1, 0.15) is 78.2 Å². The first kappa shape index (κ1) is 26.3. The van der Waals surface area contributed by atoms with Crippen molar-refractivity contribution < 1.29 is 14.3 Å². The fourth-order valence-corrected chi connectivity index (χ4v) is 5.34. The Morgan fingerprint density at radius 3 is 2.42 bits per heavy atom. The molecule has 1 aromatic rings. The Labute approximate surface area is 209 Å². The van der Waals surface area contributed by atoms with Gasteiger partial charge in [-0.1, -0.05) is 34.8 Å². The van der Waals surface area contributed by atoms with Crippen LogP contribution in [0.5, 0.6) is 5.75 Å². The summed E-state index contributed by atoms with van der Waals surface area (Å²) in [6.45, 7) is 13.6. The summed E-state index contributed by atoms with van der Waals surface area (Å²) in [6.07, 6.45) is 8.91. The van der Waals surface area contributed by atoms with Crippen molar-refractivity contribution >= 4 is 22.0 Å². The molecule has 0 N–H and O–H groups in total. The molecule has 2 fully saturated rings. The first-order valence-corrected chi connectivity index (χ1v) is 13.6. The predicted octanol–water partition coefficient (Wildman–Crippen LogP) is 6.81. The van der Waals surface area contributed by atoms with Gasteiger partial charge in [0, 0.05) is 42.3 Å². The van der Waals surface area contributed by atoms with Crippen LogP contribution in [0, 0.1) is 12.8 Å². The molecule has 0 radical (unpaired) electrons. The highest BCUT2D eigenvalue weighted by Crippen LogP contribution is 2.33. The van der Waals surface area contributed by atoms with Gasteiger partial charge in [0.25, 0.3) is 0 Å². The smallest absolute Gasteiger partial charge is 0.410 e. The van der Waals surface area contributed by atoms with Gasteiger partial charge < -0.3 is 14.4 Å². The lowest BCUT2D eigenvalue weighted by Crippen LogP contribution is -2.52. The van der Waals surface area contributed by atoms with E-state index in [0.717, 1.165) is 42.3 Å². The molecule has 2 aliphatic rings. The number of carbonyl (C=O) groups is 1. The second kappa shape index (κ2) is 11.9. The number of amides is 1. The summed E-state index contributed by atoms with van der Waals surface area (Å²) in [7, 11) is 0. The van der Waals surface area contributed by atoms with Gasteiger partial charge in [-0.3, -0.25) is 4.90 Å². The molecule has 1 aromatic carbocycles. The van der Waals surface area contributed by atoms with Crippen LogP contribution in [0.15, 0.2) is 22.7 Å². The molecule has 1 atom stereocenters. The van der Waals surface area contributed by atoms with Crippen LogP contribution in [-0.4, -0.2) is 59.8 Å². The molecule has 1 saturated heterocycles. The van der Waals surface area contributed by atoms with Gasteiger partial charge in [0.05, 0.1) is 6.10 Å². The average Bonchev–Trinajstić information content (AvgIpc) is 2.77. The number of nitrogens with zero attached hydrogens (tertiary/aromatic N) is 2. The summed E-state index contributed by atoms with van der Waals surface area (Å²) >= 11 is 3.60. The zero-order valence-electron chi connectivity index (χ0n) is 21.2. The normalized spacial score (nSPS) is 23.3. The van der Waals surface area contributed by atoms with E-state index in [1.165, 1.54) is 50.5 Å². The highest BCUT2D eigenvalue weighted by Gasteiger charge is 2.28. The monoisotopic (exact) mass is 522 g/mol. The average molecular weight is 524 g/mol. The van der Waals surface area contributed by atoms with Crippen molar-refractivity contribution in [3.63, 3.8) is 0 Å². The van der Waals surface area contributed by atoms with Crippen LogP contribution in [0.2, 0.25) is 0 Å². The highest BCUT2D eigenvalue weighted by molar-refractivity contribution is 9.10. The Morgan fingerprint density at radius 2 is 1.79 bits per heavy atom. The van der Waals surface area contributed by atoms with E-state index in [-0.39, 0.29) is 6.09 Å². The largest absolute Gasteiger partial charge is 0.490 e. The number of piperazine rings is 1. The van der Waals surface area contributed by atoms with Crippen LogP contribution in [-0.2, 0) is 4.74 Å². The second-order valence-electron chi connectivity index (χ2n) is 10.9. The van der Waals surface area contributed by atoms with Gasteiger partial charge in [-0.05, 0) is 84.8 Å². The van der Waals surface area contributed by atoms with E-state index in [1.807, 2.05) is 25.7 Å². The van der Waals surface area contributed by atoms with E-state index in [4.69, 9.17) is 9.47 Å². The van der Waals surface area contributed by atoms with Crippen molar-refractivity contribution in [2.75, 3.05) is 26.2 Å². The maximum atomic E-state index is 12.3. The van der Waals surface area contributed by atoms with Crippen LogP contribution >= 0.6 is 15.9 Å². The Bertz CT molecular complexity index is 763. The minimum absolute atomic E-state index is 0.176. The van der Waals surface area contributed by atoms with E-state index in [1.54, 1.807) is 0 Å². The molecule has 1 heterocycles. The van der Waals surface area contributed by atoms with Gasteiger partial charge in [-0.2, -0.15) is 0 Å². The fraction of sp³-hybridized carbons (Fsp3) is 0.741. The van der Waals surface area contributed by atoms with Gasteiger partial charge in [0.1, 0.15) is 11.4 Å². The van der Waals surface area contributed by atoms with E-state index in [2.05, 4.69) is 52.9 Å². The van der Waals surface area contributed by atoms with Gasteiger partial charge in [-0.15, -0.1) is 0 Å². The second-order valence-corrected chi connectivity index (χ2v) is 11.8. The molecular formula is C27H43BrN2O3. The third-order valence-electron chi connectivity index (χ3n) is 7.13. The third-order valence-corrected chi connectivity index (χ3v) is 7.99. The van der Waals surface area contributed by atoms with Crippen molar-refractivity contribution in [1.29, 1.82) is 0 Å². The summed E-state index contributed by atoms with van der Waals surface area (Å²) < 4.78 is 12.9. The Balaban J connectivity index is 1.30. The molecule has 3 rings (SSSR count). The zero-order valence-corrected chi connectivity index (χ0v) is 22.8. The van der Waals surface area contributed by atoms with E-state index in [9.17, 15) is 4.79 Å². The molecule has 1 aliphatic heterocycles. The minimum Gasteiger partial charge on any atom is -0.490 e. The van der Waals surface area contributed by atoms with E-state index >= 15 is 0 Å². The molecule has 0 aromatic heterocycles. The lowest BCUT2D eigenvalue weighted by molar-refractivity contribution is 0.0105. The molecule has 0 bridgehead atoms. The zero-order chi connectivity index (χ0) is 24.0. The Hall–Kier alpha value is -1.27. The molecular weight excluding hydrogens is 480 g/mol.